The van der Waals surface area contributed by atoms with Gasteiger partial charge in [0.1, 0.15) is 0 Å². The van der Waals surface area contributed by atoms with Gasteiger partial charge in [0.05, 0.1) is 17.3 Å². The van der Waals surface area contributed by atoms with E-state index in [1.807, 2.05) is 35.8 Å². The van der Waals surface area contributed by atoms with Crippen LogP contribution in [0.5, 0.6) is 0 Å². The van der Waals surface area contributed by atoms with Gasteiger partial charge in [-0.15, -0.1) is 11.3 Å². The molecule has 1 fully saturated rings. The maximum Gasteiger partial charge on any atom is 0.0917 e. The fraction of sp³-hybridized carbons (Fsp3) is 0.471. The van der Waals surface area contributed by atoms with Gasteiger partial charge in [0.15, 0.2) is 0 Å². The zero-order valence-corrected chi connectivity index (χ0v) is 13.7. The van der Waals surface area contributed by atoms with Crippen molar-refractivity contribution in [3.05, 3.63) is 52.5 Å². The maximum absolute atomic E-state index is 10.4. The number of aliphatic hydroxyl groups excluding tert-OH is 1. The smallest absolute Gasteiger partial charge is 0.0917 e. The number of thiazole rings is 1. The van der Waals surface area contributed by atoms with Crippen molar-refractivity contribution in [1.29, 1.82) is 0 Å². The first-order valence-corrected chi connectivity index (χ1v) is 8.73. The monoisotopic (exact) mass is 317 g/mol. The van der Waals surface area contributed by atoms with Gasteiger partial charge in [-0.1, -0.05) is 30.3 Å². The summed E-state index contributed by atoms with van der Waals surface area (Å²) in [5, 5.41) is 12.5. The molecule has 0 spiro atoms. The molecule has 1 saturated heterocycles. The molecule has 0 aliphatic carbocycles. The lowest BCUT2D eigenvalue weighted by atomic mass is 10.1. The Hall–Kier alpha value is -1.27. The van der Waals surface area contributed by atoms with Crippen molar-refractivity contribution in [3.63, 3.8) is 0 Å². The summed E-state index contributed by atoms with van der Waals surface area (Å²) in [5.41, 5.74) is 4.06. The van der Waals surface area contributed by atoms with Gasteiger partial charge < -0.3 is 5.11 Å². The number of piperazine rings is 1. The maximum atomic E-state index is 10.4. The first kappa shape index (κ1) is 15.6. The third-order valence-electron chi connectivity index (χ3n) is 4.31. The first-order chi connectivity index (χ1) is 10.7. The number of rotatable bonds is 5. The zero-order chi connectivity index (χ0) is 15.4. The van der Waals surface area contributed by atoms with Crippen LogP contribution in [0.15, 0.2) is 41.2 Å². The number of benzene rings is 1. The van der Waals surface area contributed by atoms with Crippen molar-refractivity contribution in [2.24, 2.45) is 0 Å². The van der Waals surface area contributed by atoms with E-state index in [1.54, 1.807) is 11.3 Å². The van der Waals surface area contributed by atoms with E-state index in [2.05, 4.69) is 27.1 Å². The van der Waals surface area contributed by atoms with Gasteiger partial charge in [-0.25, -0.2) is 4.98 Å². The van der Waals surface area contributed by atoms with Gasteiger partial charge in [0.2, 0.25) is 0 Å². The van der Waals surface area contributed by atoms with Crippen LogP contribution >= 0.6 is 11.3 Å². The Kier molecular flexibility index (Phi) is 5.20. The average Bonchev–Trinajstić information content (AvgIpc) is 3.04. The standard InChI is InChI=1S/C17H23N3OS/c1-14-9-19(10-16-12-22-13-18-16)7-8-20(14)11-17(21)15-5-3-2-4-6-15/h2-6,12-14,17,21H,7-11H2,1H3/t14-,17-/m0/s1. The molecule has 1 N–H and O–H groups in total. The topological polar surface area (TPSA) is 39.6 Å². The molecule has 5 heteroatoms. The molecule has 2 atom stereocenters. The average molecular weight is 317 g/mol. The first-order valence-electron chi connectivity index (χ1n) is 7.79. The van der Waals surface area contributed by atoms with Crippen LogP contribution in [0.25, 0.3) is 0 Å². The van der Waals surface area contributed by atoms with Crippen molar-refractivity contribution in [1.82, 2.24) is 14.8 Å². The number of aromatic nitrogens is 1. The minimum absolute atomic E-state index is 0.409. The van der Waals surface area contributed by atoms with Crippen LogP contribution in [0.1, 0.15) is 24.3 Å². The summed E-state index contributed by atoms with van der Waals surface area (Å²) in [6.45, 7) is 6.93. The molecule has 118 valence electrons. The third-order valence-corrected chi connectivity index (χ3v) is 4.95. The lowest BCUT2D eigenvalue weighted by Gasteiger charge is -2.40. The minimum Gasteiger partial charge on any atom is -0.387 e. The minimum atomic E-state index is -0.409. The summed E-state index contributed by atoms with van der Waals surface area (Å²) in [4.78, 5) is 9.20. The Morgan fingerprint density at radius 1 is 1.32 bits per heavy atom. The molecule has 1 aliphatic heterocycles. The second-order valence-electron chi connectivity index (χ2n) is 5.99. The highest BCUT2D eigenvalue weighted by molar-refractivity contribution is 7.07. The van der Waals surface area contributed by atoms with Gasteiger partial charge >= 0.3 is 0 Å². The molecular weight excluding hydrogens is 294 g/mol. The van der Waals surface area contributed by atoms with Gasteiger partial charge in [0, 0.05) is 44.1 Å². The predicted octanol–water partition coefficient (Wildman–Crippen LogP) is 2.38. The largest absolute Gasteiger partial charge is 0.387 e. The molecule has 0 saturated carbocycles. The van der Waals surface area contributed by atoms with E-state index in [9.17, 15) is 5.11 Å². The molecule has 1 aromatic carbocycles. The summed E-state index contributed by atoms with van der Waals surface area (Å²) < 4.78 is 0. The van der Waals surface area contributed by atoms with E-state index in [0.29, 0.717) is 12.6 Å². The van der Waals surface area contributed by atoms with E-state index >= 15 is 0 Å². The van der Waals surface area contributed by atoms with E-state index in [1.165, 1.54) is 0 Å². The van der Waals surface area contributed by atoms with Crippen molar-refractivity contribution < 1.29 is 5.11 Å². The van der Waals surface area contributed by atoms with Crippen LogP contribution in [-0.2, 0) is 6.54 Å². The Morgan fingerprint density at radius 3 is 2.82 bits per heavy atom. The second kappa shape index (κ2) is 7.33. The fourth-order valence-corrected chi connectivity index (χ4v) is 3.58. The predicted molar refractivity (Wildman–Crippen MR) is 89.8 cm³/mol. The molecule has 1 aromatic heterocycles. The van der Waals surface area contributed by atoms with Crippen LogP contribution in [0.4, 0.5) is 0 Å². The van der Waals surface area contributed by atoms with Gasteiger partial charge in [0.25, 0.3) is 0 Å². The van der Waals surface area contributed by atoms with Gasteiger partial charge in [-0.3, -0.25) is 9.80 Å². The third kappa shape index (κ3) is 3.93. The lowest BCUT2D eigenvalue weighted by Crippen LogP contribution is -2.52. The summed E-state index contributed by atoms with van der Waals surface area (Å²) in [6, 6.07) is 10.4. The molecular formula is C17H23N3OS. The van der Waals surface area contributed by atoms with Gasteiger partial charge in [-0.05, 0) is 12.5 Å². The number of β-amino-alcohol motifs (C(OH)–C–C–N with tert-alkyl or cyclic N) is 1. The lowest BCUT2D eigenvalue weighted by molar-refractivity contribution is 0.0359. The highest BCUT2D eigenvalue weighted by Gasteiger charge is 2.25. The Morgan fingerprint density at radius 2 is 2.14 bits per heavy atom. The second-order valence-corrected chi connectivity index (χ2v) is 6.70. The molecule has 2 heterocycles. The Balaban J connectivity index is 1.52. The summed E-state index contributed by atoms with van der Waals surface area (Å²) >= 11 is 1.65. The molecule has 22 heavy (non-hydrogen) atoms. The number of hydrogen-bond acceptors (Lipinski definition) is 5. The highest BCUT2D eigenvalue weighted by atomic mass is 32.1. The fourth-order valence-electron chi connectivity index (χ4n) is 3.03. The molecule has 0 bridgehead atoms. The normalized spacial score (nSPS) is 21.8. The molecule has 2 aromatic rings. The summed E-state index contributed by atoms with van der Waals surface area (Å²) in [6.07, 6.45) is -0.409. The Labute approximate surface area is 136 Å². The highest BCUT2D eigenvalue weighted by Crippen LogP contribution is 2.18. The van der Waals surface area contributed by atoms with E-state index in [-0.39, 0.29) is 0 Å². The molecule has 1 aliphatic rings. The van der Waals surface area contributed by atoms with Crippen LogP contribution in [-0.4, -0.2) is 52.1 Å². The summed E-state index contributed by atoms with van der Waals surface area (Å²) in [7, 11) is 0. The molecule has 0 radical (unpaired) electrons. The van der Waals surface area contributed by atoms with E-state index in [4.69, 9.17) is 0 Å². The van der Waals surface area contributed by atoms with Crippen LogP contribution < -0.4 is 0 Å². The Bertz CT molecular complexity index is 561. The van der Waals surface area contributed by atoms with E-state index < -0.39 is 6.10 Å². The SMILES string of the molecule is C[C@H]1CN(Cc2cscn2)CCN1C[C@H](O)c1ccccc1. The summed E-state index contributed by atoms with van der Waals surface area (Å²) in [5.74, 6) is 0. The van der Waals surface area contributed by atoms with Crippen molar-refractivity contribution in [3.8, 4) is 0 Å². The number of aliphatic hydroxyl groups is 1. The zero-order valence-electron chi connectivity index (χ0n) is 12.9. The van der Waals surface area contributed by atoms with Crippen LogP contribution in [0.2, 0.25) is 0 Å². The van der Waals surface area contributed by atoms with Crippen molar-refractivity contribution >= 4 is 11.3 Å². The van der Waals surface area contributed by atoms with Crippen molar-refractivity contribution in [2.75, 3.05) is 26.2 Å². The van der Waals surface area contributed by atoms with Gasteiger partial charge in [-0.2, -0.15) is 0 Å². The quantitative estimate of drug-likeness (QED) is 0.919. The van der Waals surface area contributed by atoms with Crippen LogP contribution in [0.3, 0.4) is 0 Å². The number of nitrogens with zero attached hydrogens (tertiary/aromatic N) is 3. The van der Waals surface area contributed by atoms with Crippen LogP contribution in [0, 0.1) is 0 Å². The molecule has 0 unspecified atom stereocenters. The van der Waals surface area contributed by atoms with E-state index in [0.717, 1.165) is 37.4 Å². The molecule has 4 nitrogen and oxygen atoms in total. The number of hydrogen-bond donors (Lipinski definition) is 1. The van der Waals surface area contributed by atoms with Crippen molar-refractivity contribution in [2.45, 2.75) is 25.6 Å². The molecule has 3 rings (SSSR count). The molecule has 0 amide bonds.